The van der Waals surface area contributed by atoms with Gasteiger partial charge in [-0.3, -0.25) is 9.48 Å². The molecular formula is C14H14BrFN2O. The van der Waals surface area contributed by atoms with Crippen LogP contribution in [0.2, 0.25) is 0 Å². The van der Waals surface area contributed by atoms with Crippen LogP contribution in [0, 0.1) is 5.82 Å². The summed E-state index contributed by atoms with van der Waals surface area (Å²) in [5.41, 5.74) is 2.15. The third kappa shape index (κ3) is 3.29. The molecule has 0 atom stereocenters. The number of hydrogen-bond donors (Lipinski definition) is 0. The Bertz CT molecular complexity index is 602. The van der Waals surface area contributed by atoms with Crippen molar-refractivity contribution < 1.29 is 9.18 Å². The van der Waals surface area contributed by atoms with Crippen molar-refractivity contribution in [2.24, 2.45) is 7.05 Å². The Hall–Kier alpha value is -1.49. The number of aryl methyl sites for hydroxylation is 2. The topological polar surface area (TPSA) is 34.9 Å². The number of carbonyl (C=O) groups is 1. The van der Waals surface area contributed by atoms with E-state index in [1.54, 1.807) is 10.7 Å². The second kappa shape index (κ2) is 5.65. The standard InChI is InChI=1S/C14H14BrFN2O/c1-3-12-7-13(18(2)17-12)8-14(19)9-4-10(15)6-11(16)5-9/h4-7H,3,8H2,1-2H3. The summed E-state index contributed by atoms with van der Waals surface area (Å²) in [6, 6.07) is 6.12. The summed E-state index contributed by atoms with van der Waals surface area (Å²) in [7, 11) is 1.81. The Morgan fingerprint density at radius 1 is 1.37 bits per heavy atom. The molecule has 0 unspecified atom stereocenters. The van der Waals surface area contributed by atoms with E-state index in [-0.39, 0.29) is 12.2 Å². The molecule has 1 heterocycles. The van der Waals surface area contributed by atoms with Crippen molar-refractivity contribution in [1.29, 1.82) is 0 Å². The third-order valence-corrected chi connectivity index (χ3v) is 3.37. The van der Waals surface area contributed by atoms with Crippen LogP contribution in [0.15, 0.2) is 28.7 Å². The second-order valence-corrected chi connectivity index (χ2v) is 5.28. The maximum atomic E-state index is 13.3. The number of halogens is 2. The fraction of sp³-hybridized carbons (Fsp3) is 0.286. The average Bonchev–Trinajstić information content (AvgIpc) is 2.69. The van der Waals surface area contributed by atoms with Gasteiger partial charge in [0.1, 0.15) is 5.82 Å². The van der Waals surface area contributed by atoms with Gasteiger partial charge in [0.05, 0.1) is 12.1 Å². The van der Waals surface area contributed by atoms with Crippen LogP contribution < -0.4 is 0 Å². The first-order valence-corrected chi connectivity index (χ1v) is 6.80. The normalized spacial score (nSPS) is 10.7. The summed E-state index contributed by atoms with van der Waals surface area (Å²) in [6.07, 6.45) is 1.05. The molecule has 0 N–H and O–H groups in total. The fourth-order valence-corrected chi connectivity index (χ4v) is 2.36. The number of carbonyl (C=O) groups excluding carboxylic acids is 1. The number of benzene rings is 1. The lowest BCUT2D eigenvalue weighted by Crippen LogP contribution is -2.08. The minimum absolute atomic E-state index is 0.120. The van der Waals surface area contributed by atoms with Gasteiger partial charge in [-0.1, -0.05) is 22.9 Å². The van der Waals surface area contributed by atoms with Crippen molar-refractivity contribution in [3.05, 3.63) is 51.5 Å². The monoisotopic (exact) mass is 324 g/mol. The van der Waals surface area contributed by atoms with Gasteiger partial charge in [0.15, 0.2) is 5.78 Å². The van der Waals surface area contributed by atoms with E-state index in [1.807, 2.05) is 20.0 Å². The van der Waals surface area contributed by atoms with Gasteiger partial charge in [-0.25, -0.2) is 4.39 Å². The van der Waals surface area contributed by atoms with Gasteiger partial charge in [0, 0.05) is 22.8 Å². The Morgan fingerprint density at radius 3 is 2.68 bits per heavy atom. The van der Waals surface area contributed by atoms with E-state index in [0.717, 1.165) is 17.8 Å². The molecule has 0 bridgehead atoms. The highest BCUT2D eigenvalue weighted by molar-refractivity contribution is 9.10. The predicted octanol–water partition coefficient (Wildman–Crippen LogP) is 3.31. The highest BCUT2D eigenvalue weighted by Crippen LogP contribution is 2.17. The van der Waals surface area contributed by atoms with Crippen molar-refractivity contribution in [1.82, 2.24) is 9.78 Å². The zero-order valence-corrected chi connectivity index (χ0v) is 12.4. The summed E-state index contributed by atoms with van der Waals surface area (Å²) in [4.78, 5) is 12.1. The number of rotatable bonds is 4. The lowest BCUT2D eigenvalue weighted by atomic mass is 10.1. The van der Waals surface area contributed by atoms with Crippen molar-refractivity contribution in [2.45, 2.75) is 19.8 Å². The Kier molecular flexibility index (Phi) is 4.14. The van der Waals surface area contributed by atoms with Crippen molar-refractivity contribution >= 4 is 21.7 Å². The molecule has 2 aromatic rings. The van der Waals surface area contributed by atoms with E-state index in [1.165, 1.54) is 12.1 Å². The average molecular weight is 325 g/mol. The number of hydrogen-bond acceptors (Lipinski definition) is 2. The highest BCUT2D eigenvalue weighted by Gasteiger charge is 2.13. The smallest absolute Gasteiger partial charge is 0.168 e. The summed E-state index contributed by atoms with van der Waals surface area (Å²) in [5.74, 6) is -0.539. The predicted molar refractivity (Wildman–Crippen MR) is 74.7 cm³/mol. The van der Waals surface area contributed by atoms with E-state index >= 15 is 0 Å². The van der Waals surface area contributed by atoms with E-state index in [0.29, 0.717) is 10.0 Å². The van der Waals surface area contributed by atoms with E-state index < -0.39 is 5.82 Å². The molecule has 5 heteroatoms. The van der Waals surface area contributed by atoms with Crippen LogP contribution in [0.25, 0.3) is 0 Å². The Labute approximate surface area is 119 Å². The molecule has 0 spiro atoms. The van der Waals surface area contributed by atoms with Crippen LogP contribution in [0.4, 0.5) is 4.39 Å². The lowest BCUT2D eigenvalue weighted by molar-refractivity contribution is 0.0990. The van der Waals surface area contributed by atoms with Crippen LogP contribution in [-0.2, 0) is 19.9 Å². The van der Waals surface area contributed by atoms with Crippen LogP contribution >= 0.6 is 15.9 Å². The van der Waals surface area contributed by atoms with E-state index in [2.05, 4.69) is 21.0 Å². The van der Waals surface area contributed by atoms with Gasteiger partial charge >= 0.3 is 0 Å². The maximum absolute atomic E-state index is 13.3. The quantitative estimate of drug-likeness (QED) is 0.809. The van der Waals surface area contributed by atoms with Gasteiger partial charge in [0.2, 0.25) is 0 Å². The zero-order valence-electron chi connectivity index (χ0n) is 10.8. The fourth-order valence-electron chi connectivity index (χ4n) is 1.89. The van der Waals surface area contributed by atoms with Gasteiger partial charge in [0.25, 0.3) is 0 Å². The van der Waals surface area contributed by atoms with Gasteiger partial charge < -0.3 is 0 Å². The van der Waals surface area contributed by atoms with E-state index in [4.69, 9.17) is 0 Å². The van der Waals surface area contributed by atoms with Crippen molar-refractivity contribution in [3.63, 3.8) is 0 Å². The molecule has 2 rings (SSSR count). The molecule has 0 aliphatic rings. The summed E-state index contributed by atoms with van der Waals surface area (Å²) in [6.45, 7) is 2.01. The van der Waals surface area contributed by atoms with Gasteiger partial charge in [-0.05, 0) is 30.7 Å². The summed E-state index contributed by atoms with van der Waals surface area (Å²) >= 11 is 3.19. The molecule has 0 amide bonds. The summed E-state index contributed by atoms with van der Waals surface area (Å²) in [5, 5.41) is 4.29. The molecule has 100 valence electrons. The van der Waals surface area contributed by atoms with Gasteiger partial charge in [-0.15, -0.1) is 0 Å². The molecule has 0 fully saturated rings. The minimum Gasteiger partial charge on any atom is -0.294 e. The van der Waals surface area contributed by atoms with Crippen LogP contribution in [0.3, 0.4) is 0 Å². The maximum Gasteiger partial charge on any atom is 0.168 e. The van der Waals surface area contributed by atoms with Crippen molar-refractivity contribution in [2.75, 3.05) is 0 Å². The molecule has 0 radical (unpaired) electrons. The number of aromatic nitrogens is 2. The SMILES string of the molecule is CCc1cc(CC(=O)c2cc(F)cc(Br)c2)n(C)n1. The number of Topliss-reactive ketones (excluding diaryl/α,β-unsaturated/α-hetero) is 1. The first-order valence-electron chi connectivity index (χ1n) is 6.00. The van der Waals surface area contributed by atoms with Crippen molar-refractivity contribution in [3.8, 4) is 0 Å². The second-order valence-electron chi connectivity index (χ2n) is 4.36. The summed E-state index contributed by atoms with van der Waals surface area (Å²) < 4.78 is 15.5. The highest BCUT2D eigenvalue weighted by atomic mass is 79.9. The number of nitrogens with zero attached hydrogens (tertiary/aromatic N) is 2. The largest absolute Gasteiger partial charge is 0.294 e. The molecule has 0 saturated heterocycles. The van der Waals surface area contributed by atoms with Crippen LogP contribution in [0.5, 0.6) is 0 Å². The van der Waals surface area contributed by atoms with Gasteiger partial charge in [-0.2, -0.15) is 5.10 Å². The van der Waals surface area contributed by atoms with Crippen LogP contribution in [0.1, 0.15) is 28.7 Å². The minimum atomic E-state index is -0.419. The molecule has 19 heavy (non-hydrogen) atoms. The molecule has 1 aromatic carbocycles. The molecule has 0 aliphatic carbocycles. The zero-order chi connectivity index (χ0) is 14.0. The lowest BCUT2D eigenvalue weighted by Gasteiger charge is -2.03. The molecule has 1 aromatic heterocycles. The third-order valence-electron chi connectivity index (χ3n) is 2.92. The molecule has 3 nitrogen and oxygen atoms in total. The Balaban J connectivity index is 2.22. The first kappa shape index (κ1) is 13.9. The molecule has 0 aliphatic heterocycles. The first-order chi connectivity index (χ1) is 8.99. The van der Waals surface area contributed by atoms with Crippen LogP contribution in [-0.4, -0.2) is 15.6 Å². The number of ketones is 1. The Morgan fingerprint density at radius 2 is 2.11 bits per heavy atom. The molecule has 0 saturated carbocycles. The molecular weight excluding hydrogens is 311 g/mol. The van der Waals surface area contributed by atoms with E-state index in [9.17, 15) is 9.18 Å².